The van der Waals surface area contributed by atoms with Crippen molar-refractivity contribution in [2.45, 2.75) is 56.8 Å². The molecule has 4 atom stereocenters. The topological polar surface area (TPSA) is 57.2 Å². The third-order valence-corrected chi connectivity index (χ3v) is 6.08. The molecule has 4 rings (SSSR count). The van der Waals surface area contributed by atoms with Gasteiger partial charge in [0.25, 0.3) is 0 Å². The van der Waals surface area contributed by atoms with Gasteiger partial charge in [0.1, 0.15) is 6.10 Å². The summed E-state index contributed by atoms with van der Waals surface area (Å²) in [5.74, 6) is -1.57. The van der Waals surface area contributed by atoms with E-state index in [1.54, 1.807) is 6.08 Å². The lowest BCUT2D eigenvalue weighted by atomic mass is 9.92. The Hall–Kier alpha value is -2.80. The van der Waals surface area contributed by atoms with Crippen LogP contribution in [0.3, 0.4) is 0 Å². The van der Waals surface area contributed by atoms with Gasteiger partial charge in [-0.1, -0.05) is 97.1 Å². The summed E-state index contributed by atoms with van der Waals surface area (Å²) in [6.45, 7) is 5.40. The molecule has 0 saturated carbocycles. The highest BCUT2D eigenvalue weighted by Crippen LogP contribution is 2.35. The van der Waals surface area contributed by atoms with Crippen molar-refractivity contribution in [3.63, 3.8) is 0 Å². The SMILES string of the molecule is C=CC[C@]1(O)O[C@H](COCc2ccccc2)C[C@H](OCc2ccccc2)[C@@H]1OCc1ccccc1. The maximum absolute atomic E-state index is 11.6. The van der Waals surface area contributed by atoms with Crippen molar-refractivity contribution in [2.75, 3.05) is 6.61 Å². The Morgan fingerprint density at radius 3 is 1.86 bits per heavy atom. The second kappa shape index (κ2) is 12.8. The first-order valence-electron chi connectivity index (χ1n) is 12.1. The fourth-order valence-electron chi connectivity index (χ4n) is 4.36. The van der Waals surface area contributed by atoms with Crippen molar-refractivity contribution >= 4 is 0 Å². The third-order valence-electron chi connectivity index (χ3n) is 6.08. The molecule has 35 heavy (non-hydrogen) atoms. The number of hydrogen-bond donors (Lipinski definition) is 1. The van der Waals surface area contributed by atoms with E-state index in [9.17, 15) is 5.11 Å². The van der Waals surface area contributed by atoms with E-state index >= 15 is 0 Å². The molecule has 5 nitrogen and oxygen atoms in total. The van der Waals surface area contributed by atoms with Gasteiger partial charge >= 0.3 is 0 Å². The van der Waals surface area contributed by atoms with E-state index in [1.165, 1.54) is 0 Å². The summed E-state index contributed by atoms with van der Waals surface area (Å²) >= 11 is 0. The Balaban J connectivity index is 1.47. The van der Waals surface area contributed by atoms with Gasteiger partial charge in [-0.15, -0.1) is 6.58 Å². The molecule has 0 radical (unpaired) electrons. The average Bonchev–Trinajstić information content (AvgIpc) is 2.89. The van der Waals surface area contributed by atoms with Crippen LogP contribution in [-0.4, -0.2) is 35.8 Å². The number of hydrogen-bond acceptors (Lipinski definition) is 5. The summed E-state index contributed by atoms with van der Waals surface area (Å²) in [6, 6.07) is 29.9. The van der Waals surface area contributed by atoms with Crippen molar-refractivity contribution in [3.8, 4) is 0 Å². The highest BCUT2D eigenvalue weighted by atomic mass is 16.7. The Morgan fingerprint density at radius 1 is 0.800 bits per heavy atom. The van der Waals surface area contributed by atoms with Gasteiger partial charge in [-0.25, -0.2) is 0 Å². The van der Waals surface area contributed by atoms with E-state index in [-0.39, 0.29) is 18.6 Å². The van der Waals surface area contributed by atoms with Crippen LogP contribution >= 0.6 is 0 Å². The van der Waals surface area contributed by atoms with Gasteiger partial charge in [0, 0.05) is 12.8 Å². The second-order valence-corrected chi connectivity index (χ2v) is 8.87. The van der Waals surface area contributed by atoms with Gasteiger partial charge in [-0.3, -0.25) is 0 Å². The highest BCUT2D eigenvalue weighted by Gasteiger charge is 2.50. The molecule has 0 amide bonds. The quantitative estimate of drug-likeness (QED) is 0.355. The van der Waals surface area contributed by atoms with Crippen molar-refractivity contribution in [1.82, 2.24) is 0 Å². The molecule has 0 spiro atoms. The number of ether oxygens (including phenoxy) is 4. The van der Waals surface area contributed by atoms with Crippen LogP contribution in [0, 0.1) is 0 Å². The summed E-state index contributed by atoms with van der Waals surface area (Å²) in [5.41, 5.74) is 3.17. The maximum Gasteiger partial charge on any atom is 0.198 e. The van der Waals surface area contributed by atoms with Crippen LogP contribution < -0.4 is 0 Å². The molecule has 0 bridgehead atoms. The van der Waals surface area contributed by atoms with Crippen molar-refractivity contribution in [1.29, 1.82) is 0 Å². The van der Waals surface area contributed by atoms with Crippen LogP contribution in [0.15, 0.2) is 104 Å². The summed E-state index contributed by atoms with van der Waals surface area (Å²) in [6.07, 6.45) is 0.993. The molecule has 1 aliphatic rings. The van der Waals surface area contributed by atoms with Crippen LogP contribution in [0.1, 0.15) is 29.5 Å². The van der Waals surface area contributed by atoms with Crippen LogP contribution in [-0.2, 0) is 38.8 Å². The molecule has 3 aromatic rings. The van der Waals surface area contributed by atoms with Crippen molar-refractivity contribution in [2.24, 2.45) is 0 Å². The standard InChI is InChI=1S/C30H34O5/c1-2-18-30(31)29(34-22-26-16-10-5-11-17-26)28(33-21-25-14-8-4-9-15-25)19-27(35-30)23-32-20-24-12-6-3-7-13-24/h2-17,27-29,31H,1,18-23H2/t27-,28-,29-,30-/m0/s1. The molecule has 1 aliphatic heterocycles. The minimum Gasteiger partial charge on any atom is -0.374 e. The normalized spacial score (nSPS) is 24.2. The molecular formula is C30H34O5. The molecule has 0 aliphatic carbocycles. The number of rotatable bonds is 12. The summed E-state index contributed by atoms with van der Waals surface area (Å²) in [7, 11) is 0. The largest absolute Gasteiger partial charge is 0.374 e. The van der Waals surface area contributed by atoms with Gasteiger partial charge in [0.15, 0.2) is 5.79 Å². The zero-order valence-electron chi connectivity index (χ0n) is 20.0. The first-order valence-corrected chi connectivity index (χ1v) is 12.1. The Labute approximate surface area is 207 Å². The van der Waals surface area contributed by atoms with Gasteiger partial charge < -0.3 is 24.1 Å². The molecule has 0 aromatic heterocycles. The first kappa shape index (κ1) is 25.3. The minimum atomic E-state index is -1.57. The van der Waals surface area contributed by atoms with Crippen LogP contribution in [0.4, 0.5) is 0 Å². The zero-order chi connectivity index (χ0) is 24.3. The van der Waals surface area contributed by atoms with E-state index in [2.05, 4.69) is 6.58 Å². The first-order chi connectivity index (χ1) is 17.2. The molecule has 1 saturated heterocycles. The van der Waals surface area contributed by atoms with Gasteiger partial charge in [-0.2, -0.15) is 0 Å². The number of aliphatic hydroxyl groups is 1. The Morgan fingerprint density at radius 2 is 1.31 bits per heavy atom. The summed E-state index contributed by atoms with van der Waals surface area (Å²) < 4.78 is 24.8. The lowest BCUT2D eigenvalue weighted by Crippen LogP contribution is -2.60. The van der Waals surface area contributed by atoms with Crippen LogP contribution in [0.25, 0.3) is 0 Å². The van der Waals surface area contributed by atoms with Gasteiger partial charge in [-0.05, 0) is 16.7 Å². The van der Waals surface area contributed by atoms with E-state index < -0.39 is 11.9 Å². The molecule has 1 fully saturated rings. The molecule has 1 heterocycles. The molecule has 5 heteroatoms. The number of benzene rings is 3. The lowest BCUT2D eigenvalue weighted by molar-refractivity contribution is -0.341. The van der Waals surface area contributed by atoms with Crippen LogP contribution in [0.2, 0.25) is 0 Å². The van der Waals surface area contributed by atoms with E-state index in [0.29, 0.717) is 32.8 Å². The van der Waals surface area contributed by atoms with E-state index in [0.717, 1.165) is 16.7 Å². The van der Waals surface area contributed by atoms with E-state index in [1.807, 2.05) is 91.0 Å². The molecular weight excluding hydrogens is 440 g/mol. The average molecular weight is 475 g/mol. The van der Waals surface area contributed by atoms with E-state index in [4.69, 9.17) is 18.9 Å². The predicted molar refractivity (Wildman–Crippen MR) is 135 cm³/mol. The van der Waals surface area contributed by atoms with Crippen molar-refractivity contribution in [3.05, 3.63) is 120 Å². The predicted octanol–water partition coefficient (Wildman–Crippen LogP) is 5.43. The fourth-order valence-corrected chi connectivity index (χ4v) is 4.36. The third kappa shape index (κ3) is 7.34. The summed E-state index contributed by atoms with van der Waals surface area (Å²) in [4.78, 5) is 0. The maximum atomic E-state index is 11.6. The van der Waals surface area contributed by atoms with Crippen LogP contribution in [0.5, 0.6) is 0 Å². The molecule has 1 N–H and O–H groups in total. The smallest absolute Gasteiger partial charge is 0.198 e. The van der Waals surface area contributed by atoms with Gasteiger partial charge in [0.05, 0.1) is 38.6 Å². The monoisotopic (exact) mass is 474 g/mol. The Kier molecular flexibility index (Phi) is 9.23. The molecule has 184 valence electrons. The van der Waals surface area contributed by atoms with Gasteiger partial charge in [0.2, 0.25) is 0 Å². The fraction of sp³-hybridized carbons (Fsp3) is 0.333. The second-order valence-electron chi connectivity index (χ2n) is 8.87. The molecule has 0 unspecified atom stereocenters. The molecule has 3 aromatic carbocycles. The zero-order valence-corrected chi connectivity index (χ0v) is 20.0. The van der Waals surface area contributed by atoms with Crippen molar-refractivity contribution < 1.29 is 24.1 Å². The Bertz CT molecular complexity index is 1010. The minimum absolute atomic E-state index is 0.215. The lowest BCUT2D eigenvalue weighted by Gasteiger charge is -2.46. The summed E-state index contributed by atoms with van der Waals surface area (Å²) in [5, 5.41) is 11.6. The highest BCUT2D eigenvalue weighted by molar-refractivity contribution is 5.15.